The summed E-state index contributed by atoms with van der Waals surface area (Å²) in [5.74, 6) is 0.649. The molecule has 0 amide bonds. The third kappa shape index (κ3) is 3.54. The van der Waals surface area contributed by atoms with Gasteiger partial charge in [0.1, 0.15) is 0 Å². The van der Waals surface area contributed by atoms with Gasteiger partial charge in [0.05, 0.1) is 27.5 Å². The Hall–Kier alpha value is -1.00. The normalized spacial score (nSPS) is 9.81. The van der Waals surface area contributed by atoms with Gasteiger partial charge in [0, 0.05) is 20.1 Å². The summed E-state index contributed by atoms with van der Waals surface area (Å²) in [7, 11) is 1.65. The van der Waals surface area contributed by atoms with Gasteiger partial charge in [0.15, 0.2) is 5.75 Å². The van der Waals surface area contributed by atoms with Crippen LogP contribution in [0.4, 0.5) is 5.69 Å². The van der Waals surface area contributed by atoms with E-state index in [1.54, 1.807) is 19.2 Å². The van der Waals surface area contributed by atoms with E-state index in [0.717, 1.165) is 9.99 Å². The van der Waals surface area contributed by atoms with Crippen LogP contribution in [0, 0.1) is 14.9 Å². The Balaban J connectivity index is 2.70. The van der Waals surface area contributed by atoms with Gasteiger partial charge in [-0.3, -0.25) is 0 Å². The Kier molecular flexibility index (Phi) is 5.35. The van der Waals surface area contributed by atoms with Crippen LogP contribution >= 0.6 is 22.6 Å². The zero-order valence-corrected chi connectivity index (χ0v) is 11.2. The number of rotatable bonds is 5. The van der Waals surface area contributed by atoms with Gasteiger partial charge in [-0.15, -0.1) is 0 Å². The van der Waals surface area contributed by atoms with Crippen molar-refractivity contribution in [1.82, 2.24) is 0 Å². The van der Waals surface area contributed by atoms with Crippen molar-refractivity contribution in [2.45, 2.75) is 6.42 Å². The maximum absolute atomic E-state index is 8.76. The van der Waals surface area contributed by atoms with Gasteiger partial charge in [-0.05, 0) is 34.7 Å². The van der Waals surface area contributed by atoms with Crippen molar-refractivity contribution in [3.05, 3.63) is 21.3 Å². The first-order chi connectivity index (χ1) is 7.69. The van der Waals surface area contributed by atoms with E-state index in [1.807, 2.05) is 0 Å². The Labute approximate surface area is 108 Å². The van der Waals surface area contributed by atoms with E-state index in [1.165, 1.54) is 0 Å². The second kappa shape index (κ2) is 6.55. The molecule has 0 aliphatic heterocycles. The molecule has 1 aromatic carbocycles. The summed E-state index contributed by atoms with van der Waals surface area (Å²) in [6, 6.07) is 5.42. The lowest BCUT2D eigenvalue weighted by atomic mass is 10.2. The minimum atomic E-state index is 0.501. The number of anilines is 1. The lowest BCUT2D eigenvalue weighted by molar-refractivity contribution is 0.172. The average Bonchev–Trinajstić information content (AvgIpc) is 2.26. The fraction of sp³-hybridized carbons (Fsp3) is 0.364. The van der Waals surface area contributed by atoms with Crippen LogP contribution < -0.4 is 10.5 Å². The molecule has 0 aromatic heterocycles. The van der Waals surface area contributed by atoms with Crippen molar-refractivity contribution < 1.29 is 9.47 Å². The van der Waals surface area contributed by atoms with Crippen molar-refractivity contribution in [3.8, 4) is 11.8 Å². The molecule has 0 fully saturated rings. The summed E-state index contributed by atoms with van der Waals surface area (Å²) in [5.41, 5.74) is 6.85. The van der Waals surface area contributed by atoms with Crippen molar-refractivity contribution >= 4 is 28.3 Å². The van der Waals surface area contributed by atoms with Gasteiger partial charge >= 0.3 is 0 Å². The van der Waals surface area contributed by atoms with Crippen LogP contribution in [0.1, 0.15) is 12.0 Å². The highest BCUT2D eigenvalue weighted by molar-refractivity contribution is 14.1. The molecule has 0 saturated carbocycles. The lowest BCUT2D eigenvalue weighted by Crippen LogP contribution is -2.05. The van der Waals surface area contributed by atoms with Crippen LogP contribution in [0.25, 0.3) is 0 Å². The maximum Gasteiger partial charge on any atom is 0.155 e. The molecular weight excluding hydrogens is 319 g/mol. The van der Waals surface area contributed by atoms with Crippen LogP contribution in [0.15, 0.2) is 12.1 Å². The molecule has 1 aromatic rings. The van der Waals surface area contributed by atoms with Gasteiger partial charge in [-0.25, -0.2) is 0 Å². The third-order valence-corrected chi connectivity index (χ3v) is 2.74. The first-order valence-electron chi connectivity index (χ1n) is 4.80. The average molecular weight is 332 g/mol. The number of halogens is 1. The monoisotopic (exact) mass is 332 g/mol. The van der Waals surface area contributed by atoms with E-state index in [4.69, 9.17) is 20.5 Å². The van der Waals surface area contributed by atoms with Crippen molar-refractivity contribution in [2.24, 2.45) is 0 Å². The summed E-state index contributed by atoms with van der Waals surface area (Å²) >= 11 is 2.11. The van der Waals surface area contributed by atoms with Crippen LogP contribution in [-0.2, 0) is 4.74 Å². The van der Waals surface area contributed by atoms with E-state index in [9.17, 15) is 0 Å². The highest BCUT2D eigenvalue weighted by Gasteiger charge is 2.08. The molecule has 0 heterocycles. The number of nitrogen functional groups attached to an aromatic ring is 1. The molecule has 0 spiro atoms. The summed E-state index contributed by atoms with van der Waals surface area (Å²) in [4.78, 5) is 0. The molecule has 0 saturated heterocycles. The molecule has 0 unspecified atom stereocenters. The highest BCUT2D eigenvalue weighted by atomic mass is 127. The topological polar surface area (TPSA) is 68.3 Å². The number of ether oxygens (including phenoxy) is 2. The molecule has 4 nitrogen and oxygen atoms in total. The van der Waals surface area contributed by atoms with Gasteiger partial charge in [-0.1, -0.05) is 0 Å². The predicted molar refractivity (Wildman–Crippen MR) is 70.3 cm³/mol. The number of methoxy groups -OCH3 is 1. The Bertz CT molecular complexity index is 378. The third-order valence-electron chi connectivity index (χ3n) is 1.94. The number of nitrogens with two attached hydrogens (primary N) is 1. The standard InChI is InChI=1S/C11H13IN2O2/c1-15-3-2-4-16-11-9(12)5-8(7-13)6-10(11)14/h5-6H,2-4,14H2,1H3. The largest absolute Gasteiger partial charge is 0.490 e. The number of nitriles is 1. The van der Waals surface area contributed by atoms with E-state index in [2.05, 4.69) is 28.7 Å². The fourth-order valence-corrected chi connectivity index (χ4v) is 2.01. The first-order valence-corrected chi connectivity index (χ1v) is 5.87. The minimum absolute atomic E-state index is 0.501. The Morgan fingerprint density at radius 1 is 1.44 bits per heavy atom. The molecule has 0 radical (unpaired) electrons. The maximum atomic E-state index is 8.76. The zero-order valence-electron chi connectivity index (χ0n) is 9.00. The second-order valence-electron chi connectivity index (χ2n) is 3.18. The van der Waals surface area contributed by atoms with Gasteiger partial charge in [0.25, 0.3) is 0 Å². The van der Waals surface area contributed by atoms with E-state index in [-0.39, 0.29) is 0 Å². The Morgan fingerprint density at radius 2 is 2.19 bits per heavy atom. The summed E-state index contributed by atoms with van der Waals surface area (Å²) in [6.45, 7) is 1.21. The molecule has 16 heavy (non-hydrogen) atoms. The lowest BCUT2D eigenvalue weighted by Gasteiger charge is -2.10. The molecule has 1 rings (SSSR count). The smallest absolute Gasteiger partial charge is 0.155 e. The van der Waals surface area contributed by atoms with Gasteiger partial charge in [-0.2, -0.15) is 5.26 Å². The van der Waals surface area contributed by atoms with E-state index >= 15 is 0 Å². The van der Waals surface area contributed by atoms with Crippen LogP contribution in [0.3, 0.4) is 0 Å². The second-order valence-corrected chi connectivity index (χ2v) is 4.35. The molecule has 2 N–H and O–H groups in total. The summed E-state index contributed by atoms with van der Waals surface area (Å²) in [6.07, 6.45) is 0.812. The molecule has 0 aliphatic rings. The zero-order chi connectivity index (χ0) is 12.0. The minimum Gasteiger partial charge on any atom is -0.490 e. The van der Waals surface area contributed by atoms with E-state index in [0.29, 0.717) is 30.2 Å². The van der Waals surface area contributed by atoms with Crippen LogP contribution in [0.5, 0.6) is 5.75 Å². The molecule has 0 atom stereocenters. The van der Waals surface area contributed by atoms with Crippen molar-refractivity contribution in [2.75, 3.05) is 26.1 Å². The SMILES string of the molecule is COCCCOc1c(N)cc(C#N)cc1I. The summed E-state index contributed by atoms with van der Waals surface area (Å²) < 4.78 is 11.3. The summed E-state index contributed by atoms with van der Waals surface area (Å²) in [5, 5.41) is 8.76. The van der Waals surface area contributed by atoms with Crippen molar-refractivity contribution in [3.63, 3.8) is 0 Å². The Morgan fingerprint density at radius 3 is 2.75 bits per heavy atom. The van der Waals surface area contributed by atoms with Gasteiger partial charge < -0.3 is 15.2 Å². The molecule has 5 heteroatoms. The van der Waals surface area contributed by atoms with Crippen molar-refractivity contribution in [1.29, 1.82) is 5.26 Å². The van der Waals surface area contributed by atoms with Crippen LogP contribution in [-0.4, -0.2) is 20.3 Å². The number of hydrogen-bond acceptors (Lipinski definition) is 4. The number of nitrogens with zero attached hydrogens (tertiary/aromatic N) is 1. The number of hydrogen-bond donors (Lipinski definition) is 1. The number of benzene rings is 1. The van der Waals surface area contributed by atoms with Crippen LogP contribution in [0.2, 0.25) is 0 Å². The van der Waals surface area contributed by atoms with Gasteiger partial charge in [0.2, 0.25) is 0 Å². The fourth-order valence-electron chi connectivity index (χ4n) is 1.21. The quantitative estimate of drug-likeness (QED) is 0.510. The predicted octanol–water partition coefficient (Wildman–Crippen LogP) is 2.16. The first kappa shape index (κ1) is 13.1. The molecular formula is C11H13IN2O2. The molecule has 0 bridgehead atoms. The molecule has 86 valence electrons. The highest BCUT2D eigenvalue weighted by Crippen LogP contribution is 2.29. The van der Waals surface area contributed by atoms with E-state index < -0.39 is 0 Å². The molecule has 0 aliphatic carbocycles.